The Labute approximate surface area is 94.9 Å². The SMILES string of the molecule is Cn1cc(/C=C/[N+](=O)[O-])c2c(F)cc(F)cc21. The molecule has 0 unspecified atom stereocenters. The molecular formula is C11H8F2N2O2. The molecule has 0 aliphatic rings. The van der Waals surface area contributed by atoms with Crippen molar-refractivity contribution in [3.63, 3.8) is 0 Å². The molecule has 0 saturated carbocycles. The third kappa shape index (κ3) is 2.01. The maximum atomic E-state index is 13.6. The quantitative estimate of drug-likeness (QED) is 0.596. The smallest absolute Gasteiger partial charge is 0.235 e. The highest BCUT2D eigenvalue weighted by Crippen LogP contribution is 2.25. The Morgan fingerprint density at radius 1 is 1.41 bits per heavy atom. The second kappa shape index (κ2) is 3.97. The average molecular weight is 238 g/mol. The lowest BCUT2D eigenvalue weighted by Crippen LogP contribution is -1.87. The summed E-state index contributed by atoms with van der Waals surface area (Å²) in [6.07, 6.45) is 3.41. The lowest BCUT2D eigenvalue weighted by atomic mass is 10.1. The fourth-order valence-corrected chi connectivity index (χ4v) is 1.73. The van der Waals surface area contributed by atoms with Gasteiger partial charge in [0.1, 0.15) is 11.6 Å². The van der Waals surface area contributed by atoms with Crippen molar-refractivity contribution in [2.24, 2.45) is 7.05 Å². The van der Waals surface area contributed by atoms with E-state index in [1.165, 1.54) is 22.9 Å². The minimum atomic E-state index is -0.733. The molecule has 0 atom stereocenters. The summed E-state index contributed by atoms with van der Waals surface area (Å²) in [4.78, 5) is 9.57. The summed E-state index contributed by atoms with van der Waals surface area (Å²) in [5.41, 5.74) is 0.696. The Kier molecular flexibility index (Phi) is 2.63. The first-order valence-electron chi connectivity index (χ1n) is 4.75. The molecular weight excluding hydrogens is 230 g/mol. The van der Waals surface area contributed by atoms with Crippen molar-refractivity contribution in [3.8, 4) is 0 Å². The zero-order valence-corrected chi connectivity index (χ0v) is 8.85. The zero-order chi connectivity index (χ0) is 12.6. The Morgan fingerprint density at radius 2 is 2.12 bits per heavy atom. The van der Waals surface area contributed by atoms with Crippen LogP contribution >= 0.6 is 0 Å². The summed E-state index contributed by atoms with van der Waals surface area (Å²) < 4.78 is 28.1. The highest BCUT2D eigenvalue weighted by molar-refractivity contribution is 5.89. The van der Waals surface area contributed by atoms with Crippen LogP contribution in [-0.2, 0) is 7.05 Å². The molecule has 1 aromatic carbocycles. The van der Waals surface area contributed by atoms with Crippen LogP contribution in [0.2, 0.25) is 0 Å². The molecule has 4 nitrogen and oxygen atoms in total. The van der Waals surface area contributed by atoms with Gasteiger partial charge in [0, 0.05) is 36.3 Å². The normalized spacial score (nSPS) is 11.5. The summed E-state index contributed by atoms with van der Waals surface area (Å²) in [5, 5.41) is 10.4. The highest BCUT2D eigenvalue weighted by atomic mass is 19.1. The highest BCUT2D eigenvalue weighted by Gasteiger charge is 2.12. The molecule has 2 rings (SSSR count). The van der Waals surface area contributed by atoms with E-state index in [0.717, 1.165) is 12.3 Å². The Balaban J connectivity index is 2.70. The number of fused-ring (bicyclic) bond motifs is 1. The van der Waals surface area contributed by atoms with Crippen LogP contribution in [0.1, 0.15) is 5.56 Å². The molecule has 2 aromatic rings. The molecule has 17 heavy (non-hydrogen) atoms. The molecule has 88 valence electrons. The van der Waals surface area contributed by atoms with E-state index in [9.17, 15) is 18.9 Å². The number of nitro groups is 1. The molecule has 1 heterocycles. The van der Waals surface area contributed by atoms with Crippen LogP contribution in [-0.4, -0.2) is 9.49 Å². The van der Waals surface area contributed by atoms with E-state index in [0.29, 0.717) is 11.1 Å². The number of benzene rings is 1. The second-order valence-electron chi connectivity index (χ2n) is 3.58. The molecule has 0 aliphatic carbocycles. The Hall–Kier alpha value is -2.24. The van der Waals surface area contributed by atoms with Gasteiger partial charge >= 0.3 is 0 Å². The molecule has 0 fully saturated rings. The number of hydrogen-bond acceptors (Lipinski definition) is 2. The van der Waals surface area contributed by atoms with Crippen LogP contribution in [0.15, 0.2) is 24.5 Å². The monoisotopic (exact) mass is 238 g/mol. The Bertz CT molecular complexity index is 632. The van der Waals surface area contributed by atoms with Gasteiger partial charge < -0.3 is 4.57 Å². The second-order valence-corrected chi connectivity index (χ2v) is 3.58. The third-order valence-corrected chi connectivity index (χ3v) is 2.41. The number of aromatic nitrogens is 1. The van der Waals surface area contributed by atoms with Gasteiger partial charge in [0.2, 0.25) is 6.20 Å². The van der Waals surface area contributed by atoms with E-state index in [1.54, 1.807) is 7.05 Å². The minimum absolute atomic E-state index is 0.173. The maximum Gasteiger partial charge on any atom is 0.235 e. The number of halogens is 2. The van der Waals surface area contributed by atoms with Gasteiger partial charge in [0.25, 0.3) is 0 Å². The van der Waals surface area contributed by atoms with E-state index >= 15 is 0 Å². The summed E-state index contributed by atoms with van der Waals surface area (Å²) in [6.45, 7) is 0. The lowest BCUT2D eigenvalue weighted by Gasteiger charge is -1.97. The summed E-state index contributed by atoms with van der Waals surface area (Å²) >= 11 is 0. The van der Waals surface area contributed by atoms with Crippen LogP contribution < -0.4 is 0 Å². The van der Waals surface area contributed by atoms with Crippen LogP contribution in [0.25, 0.3) is 17.0 Å². The van der Waals surface area contributed by atoms with Crippen molar-refractivity contribution in [2.45, 2.75) is 0 Å². The molecule has 0 N–H and O–H groups in total. The fraction of sp³-hybridized carbons (Fsp3) is 0.0909. The Morgan fingerprint density at radius 3 is 2.76 bits per heavy atom. The summed E-state index contributed by atoms with van der Waals surface area (Å²) in [7, 11) is 1.62. The minimum Gasteiger partial charge on any atom is -0.350 e. The van der Waals surface area contributed by atoms with Gasteiger partial charge in [0.05, 0.1) is 10.4 Å². The van der Waals surface area contributed by atoms with Gasteiger partial charge in [-0.25, -0.2) is 8.78 Å². The van der Waals surface area contributed by atoms with Crippen molar-refractivity contribution >= 4 is 17.0 Å². The molecule has 1 aromatic heterocycles. The van der Waals surface area contributed by atoms with Crippen molar-refractivity contribution < 1.29 is 13.7 Å². The van der Waals surface area contributed by atoms with Gasteiger partial charge in [-0.2, -0.15) is 0 Å². The topological polar surface area (TPSA) is 48.1 Å². The van der Waals surface area contributed by atoms with Crippen molar-refractivity contribution in [1.82, 2.24) is 4.57 Å². The molecule has 0 radical (unpaired) electrons. The molecule has 0 saturated heterocycles. The number of aryl methyl sites for hydroxylation is 1. The molecule has 0 spiro atoms. The number of rotatable bonds is 2. The first kappa shape index (κ1) is 11.3. The summed E-state index contributed by atoms with van der Waals surface area (Å²) in [5.74, 6) is -1.41. The zero-order valence-electron chi connectivity index (χ0n) is 8.85. The van der Waals surface area contributed by atoms with E-state index < -0.39 is 16.6 Å². The first-order valence-corrected chi connectivity index (χ1v) is 4.75. The van der Waals surface area contributed by atoms with E-state index in [-0.39, 0.29) is 5.39 Å². The van der Waals surface area contributed by atoms with Gasteiger partial charge in [-0.3, -0.25) is 10.1 Å². The van der Waals surface area contributed by atoms with E-state index in [1.807, 2.05) is 0 Å². The first-order chi connectivity index (χ1) is 7.99. The molecule has 6 heteroatoms. The molecule has 0 aliphatic heterocycles. The van der Waals surface area contributed by atoms with Crippen LogP contribution in [0.4, 0.5) is 8.78 Å². The largest absolute Gasteiger partial charge is 0.350 e. The van der Waals surface area contributed by atoms with Crippen molar-refractivity contribution in [2.75, 3.05) is 0 Å². The van der Waals surface area contributed by atoms with Gasteiger partial charge in [-0.15, -0.1) is 0 Å². The fourth-order valence-electron chi connectivity index (χ4n) is 1.73. The van der Waals surface area contributed by atoms with Crippen LogP contribution in [0.5, 0.6) is 0 Å². The molecule has 0 bridgehead atoms. The maximum absolute atomic E-state index is 13.6. The molecule has 0 amide bonds. The van der Waals surface area contributed by atoms with E-state index in [4.69, 9.17) is 0 Å². The van der Waals surface area contributed by atoms with Crippen LogP contribution in [0, 0.1) is 21.7 Å². The predicted octanol–water partition coefficient (Wildman–Crippen LogP) is 2.70. The number of hydrogen-bond donors (Lipinski definition) is 0. The van der Waals surface area contributed by atoms with E-state index in [2.05, 4.69) is 0 Å². The lowest BCUT2D eigenvalue weighted by molar-refractivity contribution is -0.400. The number of nitrogens with zero attached hydrogens (tertiary/aromatic N) is 2. The summed E-state index contributed by atoms with van der Waals surface area (Å²) in [6, 6.07) is 1.94. The van der Waals surface area contributed by atoms with Crippen molar-refractivity contribution in [1.29, 1.82) is 0 Å². The standard InChI is InChI=1S/C11H8F2N2O2/c1-14-6-7(2-3-15(16)17)11-9(13)4-8(12)5-10(11)14/h2-6H,1H3/b3-2+. The van der Waals surface area contributed by atoms with Gasteiger partial charge in [-0.1, -0.05) is 0 Å². The predicted molar refractivity (Wildman–Crippen MR) is 58.9 cm³/mol. The van der Waals surface area contributed by atoms with Gasteiger partial charge in [-0.05, 0) is 6.07 Å². The third-order valence-electron chi connectivity index (χ3n) is 2.41. The average Bonchev–Trinajstić information content (AvgIpc) is 2.53. The van der Waals surface area contributed by atoms with Crippen molar-refractivity contribution in [3.05, 3.63) is 51.8 Å². The van der Waals surface area contributed by atoms with Crippen LogP contribution in [0.3, 0.4) is 0 Å². The van der Waals surface area contributed by atoms with Gasteiger partial charge in [0.15, 0.2) is 0 Å².